The van der Waals surface area contributed by atoms with E-state index in [-0.39, 0.29) is 6.61 Å². The predicted molar refractivity (Wildman–Crippen MR) is 64.8 cm³/mol. The molecule has 16 heavy (non-hydrogen) atoms. The molecular weight excluding hydrogens is 230 g/mol. The number of nitrogen functional groups attached to an aromatic ring is 1. The van der Waals surface area contributed by atoms with Crippen LogP contribution in [-0.4, -0.2) is 43.5 Å². The number of aliphatic hydroxyl groups excluding tert-OH is 1. The number of hydrogen-bond donors (Lipinski definition) is 2. The standard InChI is InChI=1S/C10H16ClN3O2/c1-16-5-3-14(2-4-15)10-7-8(12)6-9(11)13-10/h6-7,15H,2-5H2,1H3,(H2,12,13). The Labute approximate surface area is 99.8 Å². The molecule has 0 aromatic carbocycles. The van der Waals surface area contributed by atoms with E-state index in [0.717, 1.165) is 0 Å². The number of hydrogen-bond acceptors (Lipinski definition) is 5. The summed E-state index contributed by atoms with van der Waals surface area (Å²) >= 11 is 5.82. The lowest BCUT2D eigenvalue weighted by atomic mass is 10.3. The van der Waals surface area contributed by atoms with Crippen LogP contribution in [0.2, 0.25) is 5.15 Å². The Balaban J connectivity index is 2.82. The molecule has 0 bridgehead atoms. The highest BCUT2D eigenvalue weighted by Gasteiger charge is 2.08. The summed E-state index contributed by atoms with van der Waals surface area (Å²) in [5.41, 5.74) is 6.23. The minimum Gasteiger partial charge on any atom is -0.399 e. The van der Waals surface area contributed by atoms with E-state index < -0.39 is 0 Å². The highest BCUT2D eigenvalue weighted by molar-refractivity contribution is 6.29. The fourth-order valence-electron chi connectivity index (χ4n) is 1.33. The molecule has 3 N–H and O–H groups in total. The maximum atomic E-state index is 8.96. The molecule has 1 aromatic heterocycles. The van der Waals surface area contributed by atoms with Crippen molar-refractivity contribution < 1.29 is 9.84 Å². The van der Waals surface area contributed by atoms with Gasteiger partial charge in [0.05, 0.1) is 13.2 Å². The van der Waals surface area contributed by atoms with Crippen LogP contribution in [-0.2, 0) is 4.74 Å². The Kier molecular flexibility index (Phi) is 5.31. The van der Waals surface area contributed by atoms with E-state index in [4.69, 9.17) is 27.2 Å². The molecule has 1 rings (SSSR count). The normalized spacial score (nSPS) is 10.4. The van der Waals surface area contributed by atoms with Crippen molar-refractivity contribution in [3.8, 4) is 0 Å². The second-order valence-corrected chi connectivity index (χ2v) is 3.67. The van der Waals surface area contributed by atoms with Crippen LogP contribution >= 0.6 is 11.6 Å². The van der Waals surface area contributed by atoms with Crippen LogP contribution in [0.1, 0.15) is 0 Å². The second-order valence-electron chi connectivity index (χ2n) is 3.28. The largest absolute Gasteiger partial charge is 0.399 e. The van der Waals surface area contributed by atoms with Gasteiger partial charge in [0.2, 0.25) is 0 Å². The Morgan fingerprint density at radius 1 is 1.50 bits per heavy atom. The summed E-state index contributed by atoms with van der Waals surface area (Å²) in [5.74, 6) is 0.649. The molecule has 0 aliphatic carbocycles. The van der Waals surface area contributed by atoms with Crippen molar-refractivity contribution in [1.82, 2.24) is 4.98 Å². The Hall–Kier alpha value is -1.04. The number of halogens is 1. The van der Waals surface area contributed by atoms with Crippen LogP contribution in [0.15, 0.2) is 12.1 Å². The number of anilines is 2. The van der Waals surface area contributed by atoms with Gasteiger partial charge in [0.1, 0.15) is 11.0 Å². The monoisotopic (exact) mass is 245 g/mol. The van der Waals surface area contributed by atoms with Crippen molar-refractivity contribution in [2.75, 3.05) is 44.0 Å². The van der Waals surface area contributed by atoms with E-state index in [9.17, 15) is 0 Å². The molecule has 0 aliphatic heterocycles. The van der Waals surface area contributed by atoms with Gasteiger partial charge in [-0.2, -0.15) is 0 Å². The molecule has 1 aromatic rings. The first-order chi connectivity index (χ1) is 7.67. The second kappa shape index (κ2) is 6.52. The molecule has 0 saturated heterocycles. The van der Waals surface area contributed by atoms with Gasteiger partial charge >= 0.3 is 0 Å². The van der Waals surface area contributed by atoms with Crippen molar-refractivity contribution in [1.29, 1.82) is 0 Å². The highest BCUT2D eigenvalue weighted by Crippen LogP contribution is 2.19. The van der Waals surface area contributed by atoms with E-state index in [2.05, 4.69) is 4.98 Å². The summed E-state index contributed by atoms with van der Waals surface area (Å²) in [6, 6.07) is 3.30. The Bertz CT molecular complexity index is 316. The Morgan fingerprint density at radius 2 is 2.25 bits per heavy atom. The van der Waals surface area contributed by atoms with Gasteiger partial charge in [-0.15, -0.1) is 0 Å². The summed E-state index contributed by atoms with van der Waals surface area (Å²) in [6.07, 6.45) is 0. The third-order valence-corrected chi connectivity index (χ3v) is 2.26. The van der Waals surface area contributed by atoms with Crippen LogP contribution in [0.4, 0.5) is 11.5 Å². The van der Waals surface area contributed by atoms with Crippen molar-refractivity contribution in [3.63, 3.8) is 0 Å². The maximum Gasteiger partial charge on any atom is 0.133 e. The van der Waals surface area contributed by atoms with Gasteiger partial charge in [0, 0.05) is 32.0 Å². The van der Waals surface area contributed by atoms with Gasteiger partial charge in [-0.25, -0.2) is 4.98 Å². The summed E-state index contributed by atoms with van der Waals surface area (Å²) in [4.78, 5) is 6.02. The smallest absolute Gasteiger partial charge is 0.133 e. The minimum atomic E-state index is 0.0395. The molecule has 0 aliphatic rings. The molecule has 0 radical (unpaired) electrons. The van der Waals surface area contributed by atoms with Gasteiger partial charge < -0.3 is 20.5 Å². The highest BCUT2D eigenvalue weighted by atomic mass is 35.5. The number of pyridine rings is 1. The van der Waals surface area contributed by atoms with Gasteiger partial charge in [-0.3, -0.25) is 0 Å². The zero-order chi connectivity index (χ0) is 12.0. The quantitative estimate of drug-likeness (QED) is 0.724. The molecule has 1 heterocycles. The number of rotatable bonds is 6. The summed E-state index contributed by atoms with van der Waals surface area (Å²) < 4.78 is 4.99. The topological polar surface area (TPSA) is 71.6 Å². The van der Waals surface area contributed by atoms with E-state index in [1.54, 1.807) is 19.2 Å². The first kappa shape index (κ1) is 13.0. The molecule has 0 amide bonds. The molecule has 90 valence electrons. The summed E-state index contributed by atoms with van der Waals surface area (Å²) in [7, 11) is 1.62. The molecule has 6 heteroatoms. The fourth-order valence-corrected chi connectivity index (χ4v) is 1.54. The third-order valence-electron chi connectivity index (χ3n) is 2.06. The zero-order valence-electron chi connectivity index (χ0n) is 9.19. The Morgan fingerprint density at radius 3 is 2.81 bits per heavy atom. The number of aromatic nitrogens is 1. The average molecular weight is 246 g/mol. The van der Waals surface area contributed by atoms with Crippen molar-refractivity contribution in [3.05, 3.63) is 17.3 Å². The number of nitrogens with zero attached hydrogens (tertiary/aromatic N) is 2. The predicted octanol–water partition coefficient (Wildman–Crippen LogP) is 0.762. The third kappa shape index (κ3) is 3.84. The van der Waals surface area contributed by atoms with Gasteiger partial charge in [0.15, 0.2) is 0 Å². The SMILES string of the molecule is COCCN(CCO)c1cc(N)cc(Cl)n1. The maximum absolute atomic E-state index is 8.96. The first-order valence-electron chi connectivity index (χ1n) is 4.95. The molecule has 0 atom stereocenters. The summed E-state index contributed by atoms with van der Waals surface area (Å²) in [5, 5.41) is 9.30. The average Bonchev–Trinajstić information content (AvgIpc) is 2.22. The van der Waals surface area contributed by atoms with E-state index in [1.165, 1.54) is 0 Å². The van der Waals surface area contributed by atoms with Crippen LogP contribution in [0.3, 0.4) is 0 Å². The van der Waals surface area contributed by atoms with Crippen LogP contribution in [0, 0.1) is 0 Å². The number of methoxy groups -OCH3 is 1. The number of nitrogens with two attached hydrogens (primary N) is 1. The lowest BCUT2D eigenvalue weighted by Crippen LogP contribution is -2.31. The van der Waals surface area contributed by atoms with Gasteiger partial charge in [-0.05, 0) is 6.07 Å². The molecular formula is C10H16ClN3O2. The van der Waals surface area contributed by atoms with E-state index in [1.807, 2.05) is 4.90 Å². The molecule has 5 nitrogen and oxygen atoms in total. The van der Waals surface area contributed by atoms with Crippen molar-refractivity contribution in [2.24, 2.45) is 0 Å². The minimum absolute atomic E-state index is 0.0395. The van der Waals surface area contributed by atoms with Gasteiger partial charge in [0.25, 0.3) is 0 Å². The lowest BCUT2D eigenvalue weighted by Gasteiger charge is -2.22. The number of aliphatic hydroxyl groups is 1. The van der Waals surface area contributed by atoms with Crippen LogP contribution in [0.5, 0.6) is 0 Å². The van der Waals surface area contributed by atoms with E-state index in [0.29, 0.717) is 36.4 Å². The van der Waals surface area contributed by atoms with Crippen LogP contribution in [0.25, 0.3) is 0 Å². The van der Waals surface area contributed by atoms with Crippen molar-refractivity contribution >= 4 is 23.1 Å². The molecule has 0 saturated carbocycles. The fraction of sp³-hybridized carbons (Fsp3) is 0.500. The van der Waals surface area contributed by atoms with Gasteiger partial charge in [-0.1, -0.05) is 11.6 Å². The van der Waals surface area contributed by atoms with E-state index >= 15 is 0 Å². The summed E-state index contributed by atoms with van der Waals surface area (Å²) in [6.45, 7) is 1.69. The first-order valence-corrected chi connectivity index (χ1v) is 5.33. The number of ether oxygens (including phenoxy) is 1. The lowest BCUT2D eigenvalue weighted by molar-refractivity contribution is 0.202. The van der Waals surface area contributed by atoms with Crippen LogP contribution < -0.4 is 10.6 Å². The zero-order valence-corrected chi connectivity index (χ0v) is 9.94. The van der Waals surface area contributed by atoms with Crippen molar-refractivity contribution in [2.45, 2.75) is 0 Å². The molecule has 0 spiro atoms. The molecule has 0 fully saturated rings. The molecule has 0 unspecified atom stereocenters.